The van der Waals surface area contributed by atoms with E-state index >= 15 is 0 Å². The molecule has 2 unspecified atom stereocenters. The summed E-state index contributed by atoms with van der Waals surface area (Å²) in [5.41, 5.74) is 0. The molecule has 0 aliphatic carbocycles. The zero-order chi connectivity index (χ0) is 72.1. The molecule has 0 rings (SSSR count). The normalized spacial score (nSPS) is 13.9. The van der Waals surface area contributed by atoms with Crippen molar-refractivity contribution in [1.82, 2.24) is 0 Å². The molecule has 3 N–H and O–H groups in total. The Bertz CT molecular complexity index is 1890. The second kappa shape index (κ2) is 70.7. The summed E-state index contributed by atoms with van der Waals surface area (Å²) in [6, 6.07) is 0. The van der Waals surface area contributed by atoms with Gasteiger partial charge in [0.2, 0.25) is 0 Å². The molecule has 0 aromatic rings. The average Bonchev–Trinajstić information content (AvgIpc) is 1.01. The summed E-state index contributed by atoms with van der Waals surface area (Å²) in [7, 11) is -9.91. The van der Waals surface area contributed by atoms with E-state index in [2.05, 4.69) is 41.5 Å². The second-order valence-electron chi connectivity index (χ2n) is 29.4. The minimum absolute atomic E-state index is 0.107. The maximum Gasteiger partial charge on any atom is 0.472 e. The third-order valence-electron chi connectivity index (χ3n) is 18.5. The number of carbonyl (C=O) groups excluding carboxylic acids is 4. The van der Waals surface area contributed by atoms with Crippen LogP contribution in [0.25, 0.3) is 0 Å². The first kappa shape index (κ1) is 96.1. The first-order valence-electron chi connectivity index (χ1n) is 41.0. The molecule has 0 aromatic carbocycles. The van der Waals surface area contributed by atoms with E-state index < -0.39 is 97.5 Å². The Hall–Kier alpha value is -1.94. The van der Waals surface area contributed by atoms with Crippen molar-refractivity contribution in [2.75, 3.05) is 39.6 Å². The highest BCUT2D eigenvalue weighted by Gasteiger charge is 2.30. The van der Waals surface area contributed by atoms with E-state index in [-0.39, 0.29) is 25.7 Å². The van der Waals surface area contributed by atoms with Gasteiger partial charge < -0.3 is 33.8 Å². The van der Waals surface area contributed by atoms with E-state index in [1.807, 2.05) is 0 Å². The van der Waals surface area contributed by atoms with Gasteiger partial charge in [-0.15, -0.1) is 0 Å². The zero-order valence-corrected chi connectivity index (χ0v) is 65.9. The Labute approximate surface area is 600 Å². The smallest absolute Gasteiger partial charge is 0.462 e. The van der Waals surface area contributed by atoms with Crippen molar-refractivity contribution < 1.29 is 80.2 Å². The van der Waals surface area contributed by atoms with E-state index in [4.69, 9.17) is 37.0 Å². The third-order valence-corrected chi connectivity index (χ3v) is 20.4. The zero-order valence-electron chi connectivity index (χ0n) is 64.1. The van der Waals surface area contributed by atoms with Crippen molar-refractivity contribution in [2.24, 2.45) is 11.8 Å². The highest BCUT2D eigenvalue weighted by atomic mass is 31.2. The molecule has 17 nitrogen and oxygen atoms in total. The average molecular weight is 1440 g/mol. The van der Waals surface area contributed by atoms with Crippen molar-refractivity contribution >= 4 is 39.5 Å². The molecule has 0 radical (unpaired) electrons. The number of carbonyl (C=O) groups is 4. The number of hydrogen-bond acceptors (Lipinski definition) is 15. The molecule has 5 atom stereocenters. The van der Waals surface area contributed by atoms with Crippen LogP contribution < -0.4 is 0 Å². The van der Waals surface area contributed by atoms with Crippen LogP contribution in [-0.4, -0.2) is 96.7 Å². The molecule has 0 bridgehead atoms. The molecule has 0 aliphatic heterocycles. The van der Waals surface area contributed by atoms with Crippen molar-refractivity contribution in [3.05, 3.63) is 0 Å². The number of ether oxygens (including phenoxy) is 4. The molecule has 0 fully saturated rings. The molecule has 0 aliphatic rings. The third kappa shape index (κ3) is 72.4. The minimum Gasteiger partial charge on any atom is -0.462 e. The lowest BCUT2D eigenvalue weighted by Gasteiger charge is -2.21. The Morgan fingerprint density at radius 3 is 0.694 bits per heavy atom. The number of aliphatic hydroxyl groups excluding tert-OH is 1. The van der Waals surface area contributed by atoms with Gasteiger partial charge in [-0.2, -0.15) is 0 Å². The van der Waals surface area contributed by atoms with Crippen LogP contribution >= 0.6 is 15.6 Å². The van der Waals surface area contributed by atoms with E-state index in [1.165, 1.54) is 231 Å². The van der Waals surface area contributed by atoms with Gasteiger partial charge in [-0.25, -0.2) is 9.13 Å². The summed E-state index contributed by atoms with van der Waals surface area (Å²) >= 11 is 0. The predicted molar refractivity (Wildman–Crippen MR) is 400 cm³/mol. The summed E-state index contributed by atoms with van der Waals surface area (Å²) in [6.45, 7) is 9.60. The standard InChI is InChI=1S/C79H154O17P2/c1-7-9-11-13-15-17-18-19-20-21-22-23-24-25-26-27-32-39-45-51-57-63-78(83)96-75(68-90-77(82)62-56-50-44-38-33-28-30-36-41-47-53-59-71(3)4)70-94-98(87,88)92-66-73(80)65-91-97(85,86)93-69-74(67-89-76(81)61-55-49-43-35-16-14-12-10-8-2)95-79(84)64-58-52-46-40-34-29-31-37-42-48-54-60-72(5)6/h71-75,80H,7-70H2,1-6H3,(H,85,86)(H,87,88)/t73-,74+,75+/m0/s1. The van der Waals surface area contributed by atoms with Gasteiger partial charge in [-0.3, -0.25) is 37.3 Å². The first-order valence-corrected chi connectivity index (χ1v) is 44.0. The first-order chi connectivity index (χ1) is 47.4. The van der Waals surface area contributed by atoms with Gasteiger partial charge in [0, 0.05) is 25.7 Å². The Morgan fingerprint density at radius 1 is 0.276 bits per heavy atom. The molecule has 582 valence electrons. The Kier molecular flexibility index (Phi) is 69.3. The highest BCUT2D eigenvalue weighted by molar-refractivity contribution is 7.47. The van der Waals surface area contributed by atoms with Crippen molar-refractivity contribution in [1.29, 1.82) is 0 Å². The van der Waals surface area contributed by atoms with Crippen LogP contribution in [0.3, 0.4) is 0 Å². The maximum absolute atomic E-state index is 13.1. The van der Waals surface area contributed by atoms with E-state index in [0.717, 1.165) is 102 Å². The largest absolute Gasteiger partial charge is 0.472 e. The highest BCUT2D eigenvalue weighted by Crippen LogP contribution is 2.45. The lowest BCUT2D eigenvalue weighted by Crippen LogP contribution is -2.30. The molecule has 19 heteroatoms. The van der Waals surface area contributed by atoms with Gasteiger partial charge >= 0.3 is 39.5 Å². The van der Waals surface area contributed by atoms with Gasteiger partial charge in [0.25, 0.3) is 0 Å². The lowest BCUT2D eigenvalue weighted by molar-refractivity contribution is -0.161. The molecular formula is C79H154O17P2. The fourth-order valence-electron chi connectivity index (χ4n) is 12.2. The SMILES string of the molecule is CCCCCCCCCCCCCCCCCCCCCCCC(=O)O[C@H](COC(=O)CCCCCCCCCCCCCC(C)C)COP(=O)(O)OC[C@@H](O)COP(=O)(O)OC[C@@H](COC(=O)CCCCCCCCCCC)OC(=O)CCCCCCCCCCCCCC(C)C. The van der Waals surface area contributed by atoms with Crippen LogP contribution in [0, 0.1) is 11.8 Å². The molecule has 0 aromatic heterocycles. The molecule has 98 heavy (non-hydrogen) atoms. The molecule has 0 saturated heterocycles. The number of rotatable bonds is 78. The summed E-state index contributed by atoms with van der Waals surface area (Å²) in [6.07, 6.45) is 59.7. The number of unbranched alkanes of at least 4 members (excludes halogenated alkanes) is 48. The Morgan fingerprint density at radius 2 is 0.469 bits per heavy atom. The number of esters is 4. The molecule has 0 spiro atoms. The number of hydrogen-bond donors (Lipinski definition) is 3. The van der Waals surface area contributed by atoms with E-state index in [0.29, 0.717) is 25.7 Å². The van der Waals surface area contributed by atoms with Crippen LogP contribution in [0.2, 0.25) is 0 Å². The van der Waals surface area contributed by atoms with E-state index in [1.54, 1.807) is 0 Å². The number of phosphoric acid groups is 2. The van der Waals surface area contributed by atoms with Crippen LogP contribution in [0.15, 0.2) is 0 Å². The van der Waals surface area contributed by atoms with Crippen LogP contribution in [-0.2, 0) is 65.4 Å². The number of aliphatic hydroxyl groups is 1. The second-order valence-corrected chi connectivity index (χ2v) is 32.3. The predicted octanol–water partition coefficient (Wildman–Crippen LogP) is 23.5. The summed E-state index contributed by atoms with van der Waals surface area (Å²) in [5, 5.41) is 10.6. The summed E-state index contributed by atoms with van der Waals surface area (Å²) < 4.78 is 68.6. The van der Waals surface area contributed by atoms with Crippen LogP contribution in [0.1, 0.15) is 414 Å². The van der Waals surface area contributed by atoms with Gasteiger partial charge in [0.1, 0.15) is 19.3 Å². The minimum atomic E-state index is -4.96. The van der Waals surface area contributed by atoms with Crippen molar-refractivity contribution in [3.63, 3.8) is 0 Å². The monoisotopic (exact) mass is 1440 g/mol. The lowest BCUT2D eigenvalue weighted by atomic mass is 10.0. The Balaban J connectivity index is 5.20. The molecule has 0 amide bonds. The van der Waals surface area contributed by atoms with Crippen molar-refractivity contribution in [3.8, 4) is 0 Å². The number of phosphoric ester groups is 2. The van der Waals surface area contributed by atoms with Crippen LogP contribution in [0.5, 0.6) is 0 Å². The quantitative estimate of drug-likeness (QED) is 0.0222. The van der Waals surface area contributed by atoms with Gasteiger partial charge in [-0.1, -0.05) is 363 Å². The maximum atomic E-state index is 13.1. The fourth-order valence-corrected chi connectivity index (χ4v) is 13.8. The van der Waals surface area contributed by atoms with Gasteiger partial charge in [-0.05, 0) is 37.5 Å². The van der Waals surface area contributed by atoms with Gasteiger partial charge in [0.05, 0.1) is 26.4 Å². The molecule has 0 heterocycles. The van der Waals surface area contributed by atoms with Gasteiger partial charge in [0.15, 0.2) is 12.2 Å². The summed E-state index contributed by atoms with van der Waals surface area (Å²) in [4.78, 5) is 72.9. The molecule has 0 saturated carbocycles. The van der Waals surface area contributed by atoms with Crippen LogP contribution in [0.4, 0.5) is 0 Å². The molecular weight excluding hydrogens is 1280 g/mol. The topological polar surface area (TPSA) is 237 Å². The van der Waals surface area contributed by atoms with E-state index in [9.17, 15) is 43.2 Å². The van der Waals surface area contributed by atoms with Crippen molar-refractivity contribution in [2.45, 2.75) is 432 Å². The summed E-state index contributed by atoms with van der Waals surface area (Å²) in [5.74, 6) is -0.577. The fraction of sp³-hybridized carbons (Fsp3) is 0.949.